The zero-order chi connectivity index (χ0) is 37.4. The van der Waals surface area contributed by atoms with Gasteiger partial charge in [0.1, 0.15) is 0 Å². The number of para-hydroxylation sites is 1. The average molecular weight is 714 g/mol. The molecule has 10 rings (SSSR count). The highest BCUT2D eigenvalue weighted by molar-refractivity contribution is 6.23. The molecule has 0 saturated carbocycles. The molecule has 0 atom stereocenters. The first-order chi connectivity index (χ1) is 27.7. The van der Waals surface area contributed by atoms with E-state index in [1.54, 1.807) is 0 Å². The molecule has 10 aromatic rings. The predicted octanol–water partition coefficient (Wildman–Crippen LogP) is 15.6. The monoisotopic (exact) mass is 713 g/mol. The van der Waals surface area contributed by atoms with Crippen molar-refractivity contribution in [1.29, 1.82) is 0 Å². The van der Waals surface area contributed by atoms with Gasteiger partial charge in [0, 0.05) is 17.1 Å². The number of hydrogen-bond acceptors (Lipinski definition) is 1. The van der Waals surface area contributed by atoms with Crippen LogP contribution in [-0.4, -0.2) is 0 Å². The Kier molecular flexibility index (Phi) is 8.46. The standard InChI is InChI=1S/C55H39N/c1-38-25-29-48(30-26-38)56(47-21-9-4-10-22-47)49-31-27-41(28-32-49)54-50-23-13-14-24-51(50)55(53-37-43-20-12-11-19-42(43)36-52(53)54)46-34-44(39-15-5-2-6-16-39)33-45(35-46)40-17-7-3-8-18-40/h2-37H,1H3. The summed E-state index contributed by atoms with van der Waals surface area (Å²) in [6.45, 7) is 2.14. The molecule has 0 radical (unpaired) electrons. The van der Waals surface area contributed by atoms with Gasteiger partial charge in [-0.25, -0.2) is 0 Å². The smallest absolute Gasteiger partial charge is 0.0462 e. The molecule has 1 heteroatoms. The summed E-state index contributed by atoms with van der Waals surface area (Å²) in [5.74, 6) is 0. The van der Waals surface area contributed by atoms with Crippen molar-refractivity contribution in [3.8, 4) is 44.5 Å². The van der Waals surface area contributed by atoms with Gasteiger partial charge in [0.05, 0.1) is 0 Å². The van der Waals surface area contributed by atoms with Gasteiger partial charge in [-0.2, -0.15) is 0 Å². The van der Waals surface area contributed by atoms with Crippen LogP contribution in [0, 0.1) is 6.92 Å². The Bertz CT molecular complexity index is 2930. The number of anilines is 3. The average Bonchev–Trinajstić information content (AvgIpc) is 3.27. The lowest BCUT2D eigenvalue weighted by atomic mass is 9.83. The summed E-state index contributed by atoms with van der Waals surface area (Å²) >= 11 is 0. The van der Waals surface area contributed by atoms with E-state index in [4.69, 9.17) is 0 Å². The van der Waals surface area contributed by atoms with Crippen molar-refractivity contribution < 1.29 is 0 Å². The maximum Gasteiger partial charge on any atom is 0.0462 e. The highest BCUT2D eigenvalue weighted by Gasteiger charge is 2.20. The molecule has 0 amide bonds. The van der Waals surface area contributed by atoms with Crippen molar-refractivity contribution in [2.24, 2.45) is 0 Å². The minimum atomic E-state index is 1.12. The summed E-state index contributed by atoms with van der Waals surface area (Å²) in [4.78, 5) is 2.33. The third kappa shape index (κ3) is 6.10. The maximum absolute atomic E-state index is 2.41. The number of rotatable bonds is 7. The van der Waals surface area contributed by atoms with Gasteiger partial charge in [0.2, 0.25) is 0 Å². The number of benzene rings is 10. The first-order valence-corrected chi connectivity index (χ1v) is 19.3. The topological polar surface area (TPSA) is 3.24 Å². The lowest BCUT2D eigenvalue weighted by molar-refractivity contribution is 1.28. The Morgan fingerprint density at radius 2 is 0.661 bits per heavy atom. The van der Waals surface area contributed by atoms with Crippen molar-refractivity contribution >= 4 is 49.4 Å². The molecule has 0 fully saturated rings. The van der Waals surface area contributed by atoms with Crippen LogP contribution in [0.15, 0.2) is 218 Å². The third-order valence-electron chi connectivity index (χ3n) is 11.0. The SMILES string of the molecule is Cc1ccc(N(c2ccccc2)c2ccc(-c3c4ccccc4c(-c4cc(-c5ccccc5)cc(-c5ccccc5)c4)c4cc5ccccc5cc34)cc2)cc1. The quantitative estimate of drug-likeness (QED) is 0.149. The molecule has 0 N–H and O–H groups in total. The summed E-state index contributed by atoms with van der Waals surface area (Å²) < 4.78 is 0. The molecule has 1 nitrogen and oxygen atoms in total. The lowest BCUT2D eigenvalue weighted by Gasteiger charge is -2.26. The van der Waals surface area contributed by atoms with Crippen molar-refractivity contribution in [2.45, 2.75) is 6.92 Å². The van der Waals surface area contributed by atoms with E-state index >= 15 is 0 Å². The summed E-state index contributed by atoms with van der Waals surface area (Å²) in [5, 5.41) is 7.44. The van der Waals surface area contributed by atoms with Crippen LogP contribution in [-0.2, 0) is 0 Å². The molecule has 0 aromatic heterocycles. The molecule has 0 spiro atoms. The summed E-state index contributed by atoms with van der Waals surface area (Å²) in [7, 11) is 0. The summed E-state index contributed by atoms with van der Waals surface area (Å²) in [5.41, 5.74) is 14.4. The van der Waals surface area contributed by atoms with Gasteiger partial charge in [-0.3, -0.25) is 0 Å². The fourth-order valence-electron chi connectivity index (χ4n) is 8.35. The van der Waals surface area contributed by atoms with Gasteiger partial charge in [0.15, 0.2) is 0 Å². The molecule has 0 unspecified atom stereocenters. The molecule has 0 aliphatic heterocycles. The van der Waals surface area contributed by atoms with Crippen LogP contribution in [0.25, 0.3) is 76.8 Å². The number of fused-ring (bicyclic) bond motifs is 3. The van der Waals surface area contributed by atoms with E-state index in [1.165, 1.54) is 82.4 Å². The van der Waals surface area contributed by atoms with Crippen LogP contribution in [0.1, 0.15) is 5.56 Å². The van der Waals surface area contributed by atoms with Crippen molar-refractivity contribution in [3.63, 3.8) is 0 Å². The fourth-order valence-corrected chi connectivity index (χ4v) is 8.35. The molecular formula is C55H39N. The molecule has 264 valence electrons. The second kappa shape index (κ2) is 14.2. The molecule has 0 aliphatic rings. The first-order valence-electron chi connectivity index (χ1n) is 19.3. The molecule has 10 aromatic carbocycles. The van der Waals surface area contributed by atoms with E-state index in [-0.39, 0.29) is 0 Å². The number of nitrogens with zero attached hydrogens (tertiary/aromatic N) is 1. The Balaban J connectivity index is 1.23. The lowest BCUT2D eigenvalue weighted by Crippen LogP contribution is -2.09. The van der Waals surface area contributed by atoms with Crippen LogP contribution in [0.3, 0.4) is 0 Å². The van der Waals surface area contributed by atoms with Crippen molar-refractivity contribution in [2.75, 3.05) is 4.90 Å². The highest BCUT2D eigenvalue weighted by Crippen LogP contribution is 2.47. The van der Waals surface area contributed by atoms with Crippen molar-refractivity contribution in [1.82, 2.24) is 0 Å². The van der Waals surface area contributed by atoms with E-state index < -0.39 is 0 Å². The Labute approximate surface area is 328 Å². The molecular weight excluding hydrogens is 675 g/mol. The van der Waals surface area contributed by atoms with Gasteiger partial charge < -0.3 is 4.90 Å². The Morgan fingerprint density at radius 3 is 1.18 bits per heavy atom. The third-order valence-corrected chi connectivity index (χ3v) is 11.0. The minimum Gasteiger partial charge on any atom is -0.311 e. The minimum absolute atomic E-state index is 1.12. The van der Waals surface area contributed by atoms with Crippen LogP contribution < -0.4 is 4.90 Å². The van der Waals surface area contributed by atoms with Gasteiger partial charge in [-0.1, -0.05) is 157 Å². The van der Waals surface area contributed by atoms with Crippen LogP contribution in [0.2, 0.25) is 0 Å². The number of aryl methyl sites for hydroxylation is 1. The van der Waals surface area contributed by atoms with Gasteiger partial charge >= 0.3 is 0 Å². The molecule has 0 aliphatic carbocycles. The number of hydrogen-bond donors (Lipinski definition) is 0. The van der Waals surface area contributed by atoms with E-state index in [0.717, 1.165) is 17.1 Å². The van der Waals surface area contributed by atoms with Gasteiger partial charge in [-0.05, 0) is 150 Å². The normalized spacial score (nSPS) is 11.3. The van der Waals surface area contributed by atoms with Crippen molar-refractivity contribution in [3.05, 3.63) is 224 Å². The Hall–Kier alpha value is -7.22. The molecule has 0 saturated heterocycles. The zero-order valence-corrected chi connectivity index (χ0v) is 31.2. The maximum atomic E-state index is 2.41. The van der Waals surface area contributed by atoms with Crippen LogP contribution >= 0.6 is 0 Å². The van der Waals surface area contributed by atoms with Crippen LogP contribution in [0.4, 0.5) is 17.1 Å². The first kappa shape index (κ1) is 33.4. The van der Waals surface area contributed by atoms with E-state index in [2.05, 4.69) is 230 Å². The largest absolute Gasteiger partial charge is 0.311 e. The predicted molar refractivity (Wildman–Crippen MR) is 240 cm³/mol. The summed E-state index contributed by atoms with van der Waals surface area (Å²) in [6.07, 6.45) is 0. The van der Waals surface area contributed by atoms with Gasteiger partial charge in [0.25, 0.3) is 0 Å². The second-order valence-corrected chi connectivity index (χ2v) is 14.6. The molecule has 0 heterocycles. The van der Waals surface area contributed by atoms with E-state index in [0.29, 0.717) is 0 Å². The second-order valence-electron chi connectivity index (χ2n) is 14.6. The molecule has 56 heavy (non-hydrogen) atoms. The van der Waals surface area contributed by atoms with Gasteiger partial charge in [-0.15, -0.1) is 0 Å². The zero-order valence-electron chi connectivity index (χ0n) is 31.2. The Morgan fingerprint density at radius 1 is 0.268 bits per heavy atom. The summed E-state index contributed by atoms with van der Waals surface area (Å²) in [6, 6.07) is 79.7. The van der Waals surface area contributed by atoms with Crippen LogP contribution in [0.5, 0.6) is 0 Å². The molecule has 0 bridgehead atoms. The van der Waals surface area contributed by atoms with E-state index in [1.807, 2.05) is 0 Å². The highest BCUT2D eigenvalue weighted by atomic mass is 15.1. The van der Waals surface area contributed by atoms with E-state index in [9.17, 15) is 0 Å². The fraction of sp³-hybridized carbons (Fsp3) is 0.0182.